The zero-order chi connectivity index (χ0) is 24.6. The van der Waals surface area contributed by atoms with E-state index in [2.05, 4.69) is 21.9 Å². The molecule has 0 aliphatic heterocycles. The van der Waals surface area contributed by atoms with E-state index in [0.717, 1.165) is 41.0 Å². The number of ether oxygens (including phenoxy) is 1. The molecule has 0 aliphatic carbocycles. The Hall–Kier alpha value is -2.75. The quantitative estimate of drug-likeness (QED) is 0.339. The molecule has 1 aromatic heterocycles. The van der Waals surface area contributed by atoms with Crippen molar-refractivity contribution in [1.82, 2.24) is 9.71 Å². The van der Waals surface area contributed by atoms with Crippen molar-refractivity contribution in [2.75, 3.05) is 19.0 Å². The van der Waals surface area contributed by atoms with E-state index in [1.165, 1.54) is 24.7 Å². The minimum atomic E-state index is -3.62. The van der Waals surface area contributed by atoms with Crippen molar-refractivity contribution >= 4 is 32.4 Å². The molecule has 1 heterocycles. The molecule has 0 bridgehead atoms. The molecule has 3 rings (SSSR count). The van der Waals surface area contributed by atoms with Crippen LogP contribution in [0.5, 0.6) is 5.75 Å². The summed E-state index contributed by atoms with van der Waals surface area (Å²) in [4.78, 5) is 17.2. The van der Waals surface area contributed by atoms with Crippen molar-refractivity contribution < 1.29 is 17.9 Å². The summed E-state index contributed by atoms with van der Waals surface area (Å²) in [6.07, 6.45) is 4.82. The van der Waals surface area contributed by atoms with Crippen LogP contribution in [0.3, 0.4) is 0 Å². The number of nitrogens with zero attached hydrogens (tertiary/aromatic N) is 1. The third kappa shape index (κ3) is 7.12. The number of benzene rings is 2. The van der Waals surface area contributed by atoms with Gasteiger partial charge in [-0.2, -0.15) is 0 Å². The molecular weight excluding hydrogens is 470 g/mol. The highest BCUT2D eigenvalue weighted by molar-refractivity contribution is 7.89. The predicted octanol–water partition coefficient (Wildman–Crippen LogP) is 5.03. The van der Waals surface area contributed by atoms with E-state index in [1.54, 1.807) is 19.2 Å². The average molecular weight is 502 g/mol. The van der Waals surface area contributed by atoms with Crippen LogP contribution in [0.4, 0.5) is 5.13 Å². The van der Waals surface area contributed by atoms with Crippen LogP contribution in [0.2, 0.25) is 0 Å². The SMILES string of the molecule is CCCCCc1ccc(S(=O)(=O)NCCc2sc(NC(C)=O)nc2-c2ccc(OC)cc2)cc1. The van der Waals surface area contributed by atoms with Crippen molar-refractivity contribution in [3.63, 3.8) is 0 Å². The van der Waals surface area contributed by atoms with E-state index < -0.39 is 10.0 Å². The Morgan fingerprint density at radius 1 is 1.03 bits per heavy atom. The van der Waals surface area contributed by atoms with Crippen LogP contribution >= 0.6 is 11.3 Å². The summed E-state index contributed by atoms with van der Waals surface area (Å²) in [6, 6.07) is 14.5. The Morgan fingerprint density at radius 3 is 2.35 bits per heavy atom. The lowest BCUT2D eigenvalue weighted by Gasteiger charge is -2.08. The second kappa shape index (κ2) is 12.1. The standard InChI is InChI=1S/C25H31N3O4S2/c1-4-5-6-7-19-8-14-22(15-9-19)34(30,31)26-17-16-23-24(28-25(33-23)27-18(2)29)20-10-12-21(32-3)13-11-20/h8-15,26H,4-7,16-17H2,1-3H3,(H,27,28,29). The van der Waals surface area contributed by atoms with E-state index in [0.29, 0.717) is 17.2 Å². The molecule has 2 aromatic carbocycles. The van der Waals surface area contributed by atoms with E-state index in [1.807, 2.05) is 36.4 Å². The fourth-order valence-corrected chi connectivity index (χ4v) is 5.56. The van der Waals surface area contributed by atoms with Crippen LogP contribution in [0.1, 0.15) is 43.6 Å². The van der Waals surface area contributed by atoms with Crippen molar-refractivity contribution in [1.29, 1.82) is 0 Å². The molecule has 0 fully saturated rings. The number of aryl methyl sites for hydroxylation is 1. The number of unbranched alkanes of at least 4 members (excludes halogenated alkanes) is 2. The topological polar surface area (TPSA) is 97.4 Å². The first kappa shape index (κ1) is 25.9. The summed E-state index contributed by atoms with van der Waals surface area (Å²) in [5.41, 5.74) is 2.73. The van der Waals surface area contributed by atoms with Gasteiger partial charge in [0.25, 0.3) is 0 Å². The molecule has 1 amide bonds. The average Bonchev–Trinajstić information content (AvgIpc) is 3.21. The first-order valence-electron chi connectivity index (χ1n) is 11.3. The molecular formula is C25H31N3O4S2. The number of methoxy groups -OCH3 is 1. The Balaban J connectivity index is 1.70. The summed E-state index contributed by atoms with van der Waals surface area (Å²) >= 11 is 1.34. The predicted molar refractivity (Wildman–Crippen MR) is 137 cm³/mol. The van der Waals surface area contributed by atoms with Crippen LogP contribution in [0.15, 0.2) is 53.4 Å². The Labute approximate surface area is 205 Å². The fraction of sp³-hybridized carbons (Fsp3) is 0.360. The van der Waals surface area contributed by atoms with Gasteiger partial charge in [-0.3, -0.25) is 4.79 Å². The Kier molecular flexibility index (Phi) is 9.20. The van der Waals surface area contributed by atoms with Gasteiger partial charge < -0.3 is 10.1 Å². The summed E-state index contributed by atoms with van der Waals surface area (Å²) in [6.45, 7) is 3.80. The lowest BCUT2D eigenvalue weighted by Crippen LogP contribution is -2.25. The van der Waals surface area contributed by atoms with Gasteiger partial charge in [0.2, 0.25) is 15.9 Å². The number of amides is 1. The van der Waals surface area contributed by atoms with E-state index in [-0.39, 0.29) is 17.3 Å². The number of carbonyl (C=O) groups excluding carboxylic acids is 1. The molecule has 7 nitrogen and oxygen atoms in total. The van der Waals surface area contributed by atoms with Crippen molar-refractivity contribution in [3.8, 4) is 17.0 Å². The number of anilines is 1. The van der Waals surface area contributed by atoms with Crippen molar-refractivity contribution in [2.24, 2.45) is 0 Å². The van der Waals surface area contributed by atoms with Crippen LogP contribution in [-0.4, -0.2) is 33.0 Å². The molecule has 9 heteroatoms. The number of rotatable bonds is 12. The summed E-state index contributed by atoms with van der Waals surface area (Å²) in [5.74, 6) is 0.521. The molecule has 0 spiro atoms. The van der Waals surface area contributed by atoms with Crippen LogP contribution in [0, 0.1) is 0 Å². The van der Waals surface area contributed by atoms with Gasteiger partial charge in [-0.1, -0.05) is 31.9 Å². The van der Waals surface area contributed by atoms with Crippen molar-refractivity contribution in [3.05, 3.63) is 59.0 Å². The Morgan fingerprint density at radius 2 is 1.74 bits per heavy atom. The van der Waals surface area contributed by atoms with Crippen LogP contribution in [0.25, 0.3) is 11.3 Å². The highest BCUT2D eigenvalue weighted by atomic mass is 32.2. The van der Waals surface area contributed by atoms with Crippen LogP contribution in [-0.2, 0) is 27.7 Å². The van der Waals surface area contributed by atoms with Gasteiger partial charge in [0.05, 0.1) is 17.7 Å². The third-order valence-electron chi connectivity index (χ3n) is 5.29. The highest BCUT2D eigenvalue weighted by Crippen LogP contribution is 2.32. The molecule has 0 unspecified atom stereocenters. The maximum absolute atomic E-state index is 12.8. The van der Waals surface area contributed by atoms with Gasteiger partial charge in [-0.15, -0.1) is 11.3 Å². The molecule has 182 valence electrons. The smallest absolute Gasteiger partial charge is 0.240 e. The zero-order valence-corrected chi connectivity index (χ0v) is 21.4. The van der Waals surface area contributed by atoms with Gasteiger partial charge in [-0.05, 0) is 61.2 Å². The number of thiazole rings is 1. The number of hydrogen-bond acceptors (Lipinski definition) is 6. The molecule has 0 radical (unpaired) electrons. The number of sulfonamides is 1. The summed E-state index contributed by atoms with van der Waals surface area (Å²) in [5, 5.41) is 3.20. The van der Waals surface area contributed by atoms with Crippen molar-refractivity contribution in [2.45, 2.75) is 50.8 Å². The lowest BCUT2D eigenvalue weighted by atomic mass is 10.1. The zero-order valence-electron chi connectivity index (χ0n) is 19.8. The lowest BCUT2D eigenvalue weighted by molar-refractivity contribution is -0.114. The maximum Gasteiger partial charge on any atom is 0.240 e. The molecule has 34 heavy (non-hydrogen) atoms. The first-order valence-corrected chi connectivity index (χ1v) is 13.6. The molecule has 2 N–H and O–H groups in total. The summed E-state index contributed by atoms with van der Waals surface area (Å²) < 4.78 is 33.5. The monoisotopic (exact) mass is 501 g/mol. The highest BCUT2D eigenvalue weighted by Gasteiger charge is 2.17. The Bertz CT molecular complexity index is 1190. The number of carbonyl (C=O) groups is 1. The number of nitrogens with one attached hydrogen (secondary N) is 2. The minimum absolute atomic E-state index is 0.208. The van der Waals surface area contributed by atoms with Gasteiger partial charge in [0, 0.05) is 23.9 Å². The normalized spacial score (nSPS) is 11.4. The molecule has 0 saturated carbocycles. The van der Waals surface area contributed by atoms with E-state index >= 15 is 0 Å². The van der Waals surface area contributed by atoms with E-state index in [9.17, 15) is 13.2 Å². The fourth-order valence-electron chi connectivity index (χ4n) is 3.50. The van der Waals surface area contributed by atoms with E-state index in [4.69, 9.17) is 4.74 Å². The van der Waals surface area contributed by atoms with Gasteiger partial charge in [0.15, 0.2) is 5.13 Å². The van der Waals surface area contributed by atoms with Gasteiger partial charge in [-0.25, -0.2) is 18.1 Å². The molecule has 0 aliphatic rings. The van der Waals surface area contributed by atoms with Gasteiger partial charge in [0.1, 0.15) is 5.75 Å². The number of aromatic nitrogens is 1. The summed E-state index contributed by atoms with van der Waals surface area (Å²) in [7, 11) is -2.02. The molecule has 0 saturated heterocycles. The largest absolute Gasteiger partial charge is 0.497 e. The second-order valence-corrected chi connectivity index (χ2v) is 10.8. The molecule has 3 aromatic rings. The molecule has 0 atom stereocenters. The first-order chi connectivity index (χ1) is 16.3. The maximum atomic E-state index is 12.8. The minimum Gasteiger partial charge on any atom is -0.497 e. The third-order valence-corrected chi connectivity index (χ3v) is 7.80. The number of hydrogen-bond donors (Lipinski definition) is 2. The second-order valence-electron chi connectivity index (χ2n) is 7.95. The van der Waals surface area contributed by atoms with Crippen LogP contribution < -0.4 is 14.8 Å². The van der Waals surface area contributed by atoms with Gasteiger partial charge >= 0.3 is 0 Å².